The van der Waals surface area contributed by atoms with E-state index < -0.39 is 6.10 Å². The third-order valence-corrected chi connectivity index (χ3v) is 3.53. The van der Waals surface area contributed by atoms with Crippen molar-refractivity contribution in [2.24, 2.45) is 0 Å². The molecule has 5 nitrogen and oxygen atoms in total. The topological polar surface area (TPSA) is 85.5 Å². The van der Waals surface area contributed by atoms with Gasteiger partial charge < -0.3 is 15.2 Å². The SMILES string of the molecule is CC(=O)SCC(O)COC(=O)CCC1(C)CN1. The maximum atomic E-state index is 11.3. The highest BCUT2D eigenvalue weighted by molar-refractivity contribution is 8.13. The van der Waals surface area contributed by atoms with Gasteiger partial charge in [0.05, 0.1) is 6.10 Å². The number of hydrogen-bond acceptors (Lipinski definition) is 6. The Bertz CT molecular complexity index is 291. The molecule has 0 aromatic carbocycles. The Kier molecular flexibility index (Phi) is 5.42. The highest BCUT2D eigenvalue weighted by atomic mass is 32.2. The summed E-state index contributed by atoms with van der Waals surface area (Å²) in [6, 6.07) is 0. The van der Waals surface area contributed by atoms with E-state index in [1.807, 2.05) is 0 Å². The number of carbonyl (C=O) groups excluding carboxylic acids is 2. The summed E-state index contributed by atoms with van der Waals surface area (Å²) in [6.45, 7) is 4.40. The number of carbonyl (C=O) groups is 2. The summed E-state index contributed by atoms with van der Waals surface area (Å²) >= 11 is 1.03. The van der Waals surface area contributed by atoms with Crippen molar-refractivity contribution in [1.82, 2.24) is 5.32 Å². The Morgan fingerprint density at radius 1 is 1.59 bits per heavy atom. The summed E-state index contributed by atoms with van der Waals surface area (Å²) < 4.78 is 4.92. The van der Waals surface area contributed by atoms with Gasteiger partial charge in [-0.3, -0.25) is 9.59 Å². The van der Waals surface area contributed by atoms with Crippen LogP contribution < -0.4 is 5.32 Å². The van der Waals surface area contributed by atoms with Gasteiger partial charge >= 0.3 is 5.97 Å². The molecule has 0 aliphatic carbocycles. The third kappa shape index (κ3) is 6.65. The van der Waals surface area contributed by atoms with Gasteiger partial charge in [0.2, 0.25) is 0 Å². The summed E-state index contributed by atoms with van der Waals surface area (Å²) in [5.41, 5.74) is 0.0993. The van der Waals surface area contributed by atoms with Gasteiger partial charge in [-0.2, -0.15) is 0 Å². The first kappa shape index (κ1) is 14.5. The van der Waals surface area contributed by atoms with Crippen molar-refractivity contribution in [2.45, 2.75) is 38.3 Å². The van der Waals surface area contributed by atoms with Gasteiger partial charge in [-0.25, -0.2) is 0 Å². The van der Waals surface area contributed by atoms with E-state index in [9.17, 15) is 14.7 Å². The van der Waals surface area contributed by atoms with E-state index in [1.54, 1.807) is 0 Å². The van der Waals surface area contributed by atoms with E-state index in [0.29, 0.717) is 6.42 Å². The summed E-state index contributed by atoms with van der Waals surface area (Å²) in [4.78, 5) is 22.0. The maximum Gasteiger partial charge on any atom is 0.305 e. The number of aliphatic hydroxyl groups excluding tert-OH is 1. The Labute approximate surface area is 105 Å². The summed E-state index contributed by atoms with van der Waals surface area (Å²) in [6.07, 6.45) is 0.336. The predicted molar refractivity (Wildman–Crippen MR) is 65.7 cm³/mol. The maximum absolute atomic E-state index is 11.3. The Morgan fingerprint density at radius 3 is 2.76 bits per heavy atom. The van der Waals surface area contributed by atoms with Crippen LogP contribution in [-0.4, -0.2) is 46.7 Å². The largest absolute Gasteiger partial charge is 0.463 e. The van der Waals surface area contributed by atoms with Crippen LogP contribution in [0, 0.1) is 0 Å². The molecule has 2 atom stereocenters. The van der Waals surface area contributed by atoms with Crippen LogP contribution in [0.3, 0.4) is 0 Å². The summed E-state index contributed by atoms with van der Waals surface area (Å²) in [5.74, 6) is -0.0335. The number of rotatable bonds is 7. The molecular weight excluding hydrogens is 242 g/mol. The number of hydrogen-bond donors (Lipinski definition) is 2. The van der Waals surface area contributed by atoms with Crippen LogP contribution in [0.2, 0.25) is 0 Å². The minimum absolute atomic E-state index is 0.0384. The van der Waals surface area contributed by atoms with Crippen molar-refractivity contribution in [3.05, 3.63) is 0 Å². The molecule has 6 heteroatoms. The van der Waals surface area contributed by atoms with Gasteiger partial charge in [0.15, 0.2) is 5.12 Å². The number of ether oxygens (including phenoxy) is 1. The van der Waals surface area contributed by atoms with Crippen molar-refractivity contribution in [2.75, 3.05) is 18.9 Å². The zero-order valence-corrected chi connectivity index (χ0v) is 11.0. The third-order valence-electron chi connectivity index (χ3n) is 2.58. The number of esters is 1. The Morgan fingerprint density at radius 2 is 2.24 bits per heavy atom. The van der Waals surface area contributed by atoms with Crippen LogP contribution in [0.5, 0.6) is 0 Å². The molecular formula is C11H19NO4S. The van der Waals surface area contributed by atoms with E-state index >= 15 is 0 Å². The number of thioether (sulfide) groups is 1. The van der Waals surface area contributed by atoms with Crippen molar-refractivity contribution in [3.8, 4) is 0 Å². The van der Waals surface area contributed by atoms with Crippen molar-refractivity contribution < 1.29 is 19.4 Å². The molecule has 1 fully saturated rings. The van der Waals surface area contributed by atoms with E-state index in [4.69, 9.17) is 4.74 Å². The minimum Gasteiger partial charge on any atom is -0.463 e. The van der Waals surface area contributed by atoms with E-state index in [1.165, 1.54) is 6.92 Å². The summed E-state index contributed by atoms with van der Waals surface area (Å²) in [7, 11) is 0. The molecule has 0 saturated carbocycles. The highest BCUT2D eigenvalue weighted by Gasteiger charge is 2.36. The van der Waals surface area contributed by atoms with Crippen LogP contribution in [-0.2, 0) is 14.3 Å². The molecule has 1 heterocycles. The van der Waals surface area contributed by atoms with Gasteiger partial charge in [-0.15, -0.1) is 0 Å². The minimum atomic E-state index is -0.775. The fourth-order valence-corrected chi connectivity index (χ4v) is 1.75. The molecule has 2 unspecified atom stereocenters. The normalized spacial score (nSPS) is 24.2. The molecule has 1 aliphatic heterocycles. The van der Waals surface area contributed by atoms with E-state index in [0.717, 1.165) is 24.7 Å². The molecule has 1 saturated heterocycles. The standard InChI is InChI=1S/C11H19NO4S/c1-8(13)17-6-9(14)5-16-10(15)3-4-11(2)7-12-11/h9,12,14H,3-7H2,1-2H3. The first-order chi connectivity index (χ1) is 7.91. The zero-order chi connectivity index (χ0) is 12.9. The smallest absolute Gasteiger partial charge is 0.305 e. The molecule has 0 aromatic heterocycles. The van der Waals surface area contributed by atoms with Crippen LogP contribution in [0.15, 0.2) is 0 Å². The molecule has 1 aliphatic rings. The van der Waals surface area contributed by atoms with Crippen LogP contribution in [0.4, 0.5) is 0 Å². The summed E-state index contributed by atoms with van der Waals surface area (Å²) in [5, 5.41) is 12.5. The lowest BCUT2D eigenvalue weighted by molar-refractivity contribution is -0.146. The molecule has 2 N–H and O–H groups in total. The highest BCUT2D eigenvalue weighted by Crippen LogP contribution is 2.22. The second kappa shape index (κ2) is 6.37. The van der Waals surface area contributed by atoms with Crippen molar-refractivity contribution >= 4 is 22.8 Å². The molecule has 1 rings (SSSR count). The van der Waals surface area contributed by atoms with Crippen molar-refractivity contribution in [1.29, 1.82) is 0 Å². The average Bonchev–Trinajstić information content (AvgIpc) is 2.99. The van der Waals surface area contributed by atoms with Gasteiger partial charge in [0, 0.05) is 31.2 Å². The molecule has 0 amide bonds. The van der Waals surface area contributed by atoms with E-state index in [2.05, 4.69) is 12.2 Å². The monoisotopic (exact) mass is 261 g/mol. The first-order valence-electron chi connectivity index (χ1n) is 5.63. The predicted octanol–water partition coefficient (Wildman–Crippen LogP) is 0.312. The number of aliphatic hydroxyl groups is 1. The van der Waals surface area contributed by atoms with Gasteiger partial charge in [0.1, 0.15) is 6.61 Å². The quantitative estimate of drug-likeness (QED) is 0.507. The van der Waals surface area contributed by atoms with Crippen LogP contribution in [0.25, 0.3) is 0 Å². The van der Waals surface area contributed by atoms with Gasteiger partial charge in [0.25, 0.3) is 0 Å². The molecule has 17 heavy (non-hydrogen) atoms. The number of nitrogens with one attached hydrogen (secondary N) is 1. The van der Waals surface area contributed by atoms with Crippen molar-refractivity contribution in [3.63, 3.8) is 0 Å². The zero-order valence-electron chi connectivity index (χ0n) is 10.2. The molecule has 0 radical (unpaired) electrons. The molecule has 0 aromatic rings. The lowest BCUT2D eigenvalue weighted by Gasteiger charge is -2.11. The van der Waals surface area contributed by atoms with E-state index in [-0.39, 0.29) is 29.0 Å². The van der Waals surface area contributed by atoms with Crippen LogP contribution >= 0.6 is 11.8 Å². The fraction of sp³-hybridized carbons (Fsp3) is 0.818. The lowest BCUT2D eigenvalue weighted by Crippen LogP contribution is -2.22. The Balaban J connectivity index is 2.04. The first-order valence-corrected chi connectivity index (χ1v) is 6.62. The Hall–Kier alpha value is -0.590. The second-order valence-corrected chi connectivity index (χ2v) is 5.75. The molecule has 0 spiro atoms. The molecule has 98 valence electrons. The average molecular weight is 261 g/mol. The molecule has 0 bridgehead atoms. The lowest BCUT2D eigenvalue weighted by atomic mass is 10.1. The van der Waals surface area contributed by atoms with Gasteiger partial charge in [-0.05, 0) is 13.3 Å². The van der Waals surface area contributed by atoms with Crippen LogP contribution in [0.1, 0.15) is 26.7 Å². The fourth-order valence-electron chi connectivity index (χ4n) is 1.23. The van der Waals surface area contributed by atoms with Gasteiger partial charge in [-0.1, -0.05) is 11.8 Å². The second-order valence-electron chi connectivity index (χ2n) is 4.55.